The van der Waals surface area contributed by atoms with Crippen LogP contribution in [0.15, 0.2) is 48.5 Å². The molecular weight excluding hydrogens is 635 g/mol. The lowest BCUT2D eigenvalue weighted by Gasteiger charge is -2.39. The van der Waals surface area contributed by atoms with Crippen LogP contribution in [-0.4, -0.2) is 64.1 Å². The molecule has 0 aliphatic rings. The maximum absolute atomic E-state index is 6.95. The molecule has 0 aliphatic heterocycles. The van der Waals surface area contributed by atoms with E-state index < -0.39 is 33.2 Å². The molecule has 0 amide bonds. The van der Waals surface area contributed by atoms with E-state index >= 15 is 0 Å². The highest BCUT2D eigenvalue weighted by Crippen LogP contribution is 2.32. The van der Waals surface area contributed by atoms with Gasteiger partial charge in [-0.15, -0.1) is 0 Å². The van der Waals surface area contributed by atoms with Gasteiger partial charge in [-0.1, -0.05) is 68.9 Å². The van der Waals surface area contributed by atoms with Crippen molar-refractivity contribution in [2.75, 3.05) is 26.3 Å². The highest BCUT2D eigenvalue weighted by molar-refractivity contribution is 6.73. The number of nitrogens with zero attached hydrogens (tertiary/aromatic N) is 1. The first kappa shape index (κ1) is 41.1. The molecule has 0 spiro atoms. The van der Waals surface area contributed by atoms with Crippen molar-refractivity contribution in [2.45, 2.75) is 136 Å². The highest BCUT2D eigenvalue weighted by atomic mass is 28.4. The molecule has 0 heterocycles. The third-order valence-corrected chi connectivity index (χ3v) is 12.8. The summed E-state index contributed by atoms with van der Waals surface area (Å²) in [4.78, 5) is 0. The monoisotopic (exact) mass is 703 g/mol. The topological polar surface area (TPSA) is 40.2 Å². The van der Waals surface area contributed by atoms with Gasteiger partial charge in [0.05, 0.1) is 12.7 Å². The zero-order chi connectivity index (χ0) is 34.4. The van der Waals surface area contributed by atoms with Crippen molar-refractivity contribution in [3.8, 4) is 5.75 Å². The summed E-state index contributed by atoms with van der Waals surface area (Å²) >= 11 is 0. The summed E-state index contributed by atoms with van der Waals surface area (Å²) in [5.74, 6) is 0.978. The number of aryl methyl sites for hydroxylation is 1. The van der Waals surface area contributed by atoms with Crippen molar-refractivity contribution in [2.24, 2.45) is 0 Å². The quantitative estimate of drug-likeness (QED) is 0.0851. The third-order valence-electron chi connectivity index (χ3n) is 7.68. The minimum atomic E-state index is -1.80. The fraction of sp³-hybridized carbons (Fsp3) is 0.676. The number of hydrogen-bond donors (Lipinski definition) is 0. The number of benzene rings is 2. The number of hydrogen-bond acceptors (Lipinski definition) is 5. The molecule has 1 atom stereocenters. The SMILES string of the molecule is C[Si](C)(C)OCc1cc(C(CN(CCCCCCOCCCCc2ccccc2)[Si](C)(C)C)O[Si](C)(C)C)ccc1O[Si](C)(C)C. The Morgan fingerprint density at radius 1 is 0.652 bits per heavy atom. The lowest BCUT2D eigenvalue weighted by atomic mass is 10.1. The molecule has 0 fully saturated rings. The molecule has 46 heavy (non-hydrogen) atoms. The van der Waals surface area contributed by atoms with Gasteiger partial charge in [0.25, 0.3) is 0 Å². The van der Waals surface area contributed by atoms with E-state index in [0.717, 1.165) is 56.9 Å². The van der Waals surface area contributed by atoms with Gasteiger partial charge in [-0.25, -0.2) is 0 Å². The average Bonchev–Trinajstić information content (AvgIpc) is 2.92. The minimum absolute atomic E-state index is 0.0419. The van der Waals surface area contributed by atoms with Gasteiger partial charge in [-0.05, 0) is 121 Å². The number of rotatable bonds is 23. The van der Waals surface area contributed by atoms with Crippen molar-refractivity contribution < 1.29 is 18.0 Å². The van der Waals surface area contributed by atoms with Crippen LogP contribution in [0.25, 0.3) is 0 Å². The van der Waals surface area contributed by atoms with E-state index in [1.165, 1.54) is 36.8 Å². The number of unbranched alkanes of at least 4 members (excludes halogenated alkanes) is 4. The van der Waals surface area contributed by atoms with Crippen LogP contribution in [0.2, 0.25) is 78.6 Å². The molecule has 5 nitrogen and oxygen atoms in total. The second-order valence-electron chi connectivity index (χ2n) is 16.8. The molecule has 0 saturated heterocycles. The zero-order valence-electron chi connectivity index (χ0n) is 31.8. The maximum atomic E-state index is 6.95. The Balaban J connectivity index is 1.97. The Morgan fingerprint density at radius 2 is 1.28 bits per heavy atom. The lowest BCUT2D eigenvalue weighted by molar-refractivity contribution is 0.126. The summed E-state index contributed by atoms with van der Waals surface area (Å²) in [7, 11) is -6.82. The molecule has 0 bridgehead atoms. The van der Waals surface area contributed by atoms with Gasteiger partial charge in [0.15, 0.2) is 16.6 Å². The molecule has 0 aliphatic carbocycles. The fourth-order valence-corrected chi connectivity index (χ4v) is 9.37. The minimum Gasteiger partial charge on any atom is -0.544 e. The molecule has 0 aromatic heterocycles. The van der Waals surface area contributed by atoms with Crippen molar-refractivity contribution in [3.05, 3.63) is 65.2 Å². The highest BCUT2D eigenvalue weighted by Gasteiger charge is 2.31. The Morgan fingerprint density at radius 3 is 1.87 bits per heavy atom. The predicted molar refractivity (Wildman–Crippen MR) is 209 cm³/mol. The van der Waals surface area contributed by atoms with Crippen LogP contribution < -0.4 is 4.43 Å². The Hall–Kier alpha value is -1.05. The van der Waals surface area contributed by atoms with Crippen LogP contribution in [-0.2, 0) is 26.6 Å². The largest absolute Gasteiger partial charge is 0.544 e. The first-order valence-electron chi connectivity index (χ1n) is 17.8. The molecule has 9 heteroatoms. The van der Waals surface area contributed by atoms with Gasteiger partial charge in [0.2, 0.25) is 8.32 Å². The van der Waals surface area contributed by atoms with Crippen LogP contribution in [0, 0.1) is 0 Å². The Bertz CT molecular complexity index is 1120. The lowest BCUT2D eigenvalue weighted by Crippen LogP contribution is -2.49. The summed E-state index contributed by atoms with van der Waals surface area (Å²) in [5, 5.41) is 0. The second kappa shape index (κ2) is 19.2. The number of ether oxygens (including phenoxy) is 1. The van der Waals surface area contributed by atoms with Crippen LogP contribution in [0.1, 0.15) is 61.3 Å². The van der Waals surface area contributed by atoms with E-state index in [9.17, 15) is 0 Å². The van der Waals surface area contributed by atoms with E-state index in [0.29, 0.717) is 6.61 Å². The normalized spacial score (nSPS) is 13.8. The smallest absolute Gasteiger partial charge is 0.242 e. The molecular formula is C37H69NO4Si4. The molecule has 262 valence electrons. The molecule has 1 unspecified atom stereocenters. The Labute approximate surface area is 288 Å². The molecule has 0 saturated carbocycles. The second-order valence-corrected chi connectivity index (χ2v) is 35.2. The molecule has 2 aromatic rings. The molecule has 2 rings (SSSR count). The van der Waals surface area contributed by atoms with Gasteiger partial charge in [-0.3, -0.25) is 0 Å². The summed E-state index contributed by atoms with van der Waals surface area (Å²) in [5.41, 5.74) is 3.84. The van der Waals surface area contributed by atoms with E-state index in [2.05, 4.69) is 132 Å². The van der Waals surface area contributed by atoms with Gasteiger partial charge < -0.3 is 22.6 Å². The summed E-state index contributed by atoms with van der Waals surface area (Å²) in [6.07, 6.45) is 8.38. The van der Waals surface area contributed by atoms with Crippen LogP contribution in [0.4, 0.5) is 0 Å². The first-order valence-corrected chi connectivity index (χ1v) is 31.5. The van der Waals surface area contributed by atoms with E-state index in [1.54, 1.807) is 0 Å². The Kier molecular flexibility index (Phi) is 17.2. The van der Waals surface area contributed by atoms with Gasteiger partial charge >= 0.3 is 0 Å². The predicted octanol–water partition coefficient (Wildman–Crippen LogP) is 10.9. The molecule has 0 N–H and O–H groups in total. The van der Waals surface area contributed by atoms with Crippen molar-refractivity contribution in [3.63, 3.8) is 0 Å². The standard InChI is InChI=1S/C37H69NO4Si4/c1-43(2,3)38(27-19-13-14-20-28-39-29-21-18-24-33-22-16-15-17-23-33)31-37(42-46(10,11)12)34-25-26-36(41-45(7,8)9)35(30-34)32-40-44(4,5)6/h15-17,22-23,25-26,30,37H,13-14,18-21,24,27-29,31-32H2,1-12H3. The molecule has 0 radical (unpaired) electrons. The summed E-state index contributed by atoms with van der Waals surface area (Å²) in [6, 6.07) is 17.5. The fourth-order valence-electron chi connectivity index (χ4n) is 5.31. The van der Waals surface area contributed by atoms with Crippen LogP contribution >= 0.6 is 0 Å². The van der Waals surface area contributed by atoms with E-state index in [-0.39, 0.29) is 6.10 Å². The van der Waals surface area contributed by atoms with Crippen molar-refractivity contribution in [1.29, 1.82) is 0 Å². The van der Waals surface area contributed by atoms with E-state index in [1.807, 2.05) is 0 Å². The van der Waals surface area contributed by atoms with Gasteiger partial charge in [0.1, 0.15) is 14.0 Å². The van der Waals surface area contributed by atoms with Crippen LogP contribution in [0.5, 0.6) is 5.75 Å². The third kappa shape index (κ3) is 18.5. The van der Waals surface area contributed by atoms with Gasteiger partial charge in [0, 0.05) is 25.3 Å². The maximum Gasteiger partial charge on any atom is 0.242 e. The zero-order valence-corrected chi connectivity index (χ0v) is 35.8. The molecule has 2 aromatic carbocycles. The van der Waals surface area contributed by atoms with Crippen LogP contribution in [0.3, 0.4) is 0 Å². The van der Waals surface area contributed by atoms with Crippen molar-refractivity contribution in [1.82, 2.24) is 4.57 Å². The average molecular weight is 704 g/mol. The summed E-state index contributed by atoms with van der Waals surface area (Å²) in [6.45, 7) is 32.3. The first-order chi connectivity index (χ1) is 21.3. The summed E-state index contributed by atoms with van der Waals surface area (Å²) < 4.78 is 28.6. The van der Waals surface area contributed by atoms with E-state index in [4.69, 9.17) is 18.0 Å². The van der Waals surface area contributed by atoms with Gasteiger partial charge in [-0.2, -0.15) is 0 Å². The van der Waals surface area contributed by atoms with Crippen molar-refractivity contribution >= 4 is 33.2 Å².